The molecule has 0 saturated carbocycles. The van der Waals surface area contributed by atoms with Gasteiger partial charge in [0.05, 0.1) is 6.54 Å². The van der Waals surface area contributed by atoms with E-state index in [1.54, 1.807) is 13.8 Å². The van der Waals surface area contributed by atoms with Crippen molar-refractivity contribution in [2.45, 2.75) is 26.3 Å². The second-order valence-corrected chi connectivity index (χ2v) is 3.25. The van der Waals surface area contributed by atoms with E-state index in [0.717, 1.165) is 0 Å². The van der Waals surface area contributed by atoms with Crippen molar-refractivity contribution in [3.8, 4) is 0 Å². The van der Waals surface area contributed by atoms with Gasteiger partial charge in [0, 0.05) is 13.2 Å². The van der Waals surface area contributed by atoms with Crippen LogP contribution in [0.2, 0.25) is 0 Å². The first-order valence-electron chi connectivity index (χ1n) is 5.53. The van der Waals surface area contributed by atoms with Crippen LogP contribution in [0, 0.1) is 0 Å². The van der Waals surface area contributed by atoms with Crippen LogP contribution in [0.15, 0.2) is 0 Å². The van der Waals surface area contributed by atoms with Crippen molar-refractivity contribution < 1.29 is 32.2 Å². The first-order chi connectivity index (χ1) is 8.39. The summed E-state index contributed by atoms with van der Waals surface area (Å²) < 4.78 is 49.6. The molecule has 0 heterocycles. The molecular weight excluding hydrogens is 255 g/mol. The minimum Gasteiger partial charge on any atom is -0.362 e. The third-order valence-corrected chi connectivity index (χ3v) is 1.67. The molecule has 0 saturated heterocycles. The van der Waals surface area contributed by atoms with Gasteiger partial charge >= 0.3 is 6.18 Å². The van der Waals surface area contributed by atoms with Crippen LogP contribution >= 0.6 is 0 Å². The molecule has 8 heteroatoms. The molecular formula is C10H18F3NO4. The number of carbonyl (C=O) groups is 1. The molecule has 0 unspecified atom stereocenters. The van der Waals surface area contributed by atoms with Gasteiger partial charge in [-0.25, -0.2) is 0 Å². The Morgan fingerprint density at radius 3 is 2.22 bits per heavy atom. The van der Waals surface area contributed by atoms with E-state index < -0.39 is 31.6 Å². The zero-order chi connectivity index (χ0) is 14.0. The van der Waals surface area contributed by atoms with Gasteiger partial charge in [0.25, 0.3) is 0 Å². The fraction of sp³-hybridized carbons (Fsp3) is 0.900. The number of hydrogen-bond donors (Lipinski definition) is 1. The molecule has 0 aromatic rings. The second-order valence-electron chi connectivity index (χ2n) is 3.25. The summed E-state index contributed by atoms with van der Waals surface area (Å²) in [5.74, 6) is -0.649. The molecule has 18 heavy (non-hydrogen) atoms. The molecule has 0 aromatic heterocycles. The molecule has 0 aromatic carbocycles. The van der Waals surface area contributed by atoms with Gasteiger partial charge < -0.3 is 19.5 Å². The van der Waals surface area contributed by atoms with Gasteiger partial charge in [-0.05, 0) is 13.8 Å². The standard InChI is InChI=1S/C10H18F3NO4/c1-3-17-9(18-4-2)5-14-8(15)6-16-7-10(11,12)13/h9H,3-7H2,1-2H3,(H,14,15). The zero-order valence-corrected chi connectivity index (χ0v) is 10.4. The maximum Gasteiger partial charge on any atom is 0.411 e. The summed E-state index contributed by atoms with van der Waals surface area (Å²) in [6.45, 7) is 2.32. The Bertz CT molecular complexity index is 230. The van der Waals surface area contributed by atoms with E-state index in [-0.39, 0.29) is 6.54 Å². The number of hydrogen-bond acceptors (Lipinski definition) is 4. The number of halogens is 3. The van der Waals surface area contributed by atoms with Gasteiger partial charge in [-0.15, -0.1) is 0 Å². The molecule has 0 fully saturated rings. The molecule has 0 aliphatic rings. The van der Waals surface area contributed by atoms with Gasteiger partial charge in [0.1, 0.15) is 13.2 Å². The molecule has 0 aliphatic carbocycles. The molecule has 5 nitrogen and oxygen atoms in total. The molecule has 0 rings (SSSR count). The number of alkyl halides is 3. The third kappa shape index (κ3) is 10.3. The molecule has 1 N–H and O–H groups in total. The van der Waals surface area contributed by atoms with Crippen LogP contribution < -0.4 is 5.32 Å². The predicted octanol–water partition coefficient (Wildman–Crippen LogP) is 1.08. The Kier molecular flexibility index (Phi) is 8.69. The summed E-state index contributed by atoms with van der Waals surface area (Å²) >= 11 is 0. The van der Waals surface area contributed by atoms with Gasteiger partial charge in [-0.2, -0.15) is 13.2 Å². The highest BCUT2D eigenvalue weighted by atomic mass is 19.4. The van der Waals surface area contributed by atoms with Crippen LogP contribution in [-0.2, 0) is 19.0 Å². The van der Waals surface area contributed by atoms with Crippen molar-refractivity contribution in [1.29, 1.82) is 0 Å². The van der Waals surface area contributed by atoms with Crippen LogP contribution in [0.25, 0.3) is 0 Å². The van der Waals surface area contributed by atoms with E-state index in [2.05, 4.69) is 10.1 Å². The van der Waals surface area contributed by atoms with E-state index in [1.807, 2.05) is 0 Å². The minimum absolute atomic E-state index is 0.0654. The summed E-state index contributed by atoms with van der Waals surface area (Å²) in [5.41, 5.74) is 0. The lowest BCUT2D eigenvalue weighted by atomic mass is 10.5. The molecule has 0 atom stereocenters. The van der Waals surface area contributed by atoms with Gasteiger partial charge in [0.2, 0.25) is 5.91 Å². The normalized spacial score (nSPS) is 11.9. The monoisotopic (exact) mass is 273 g/mol. The lowest BCUT2D eigenvalue weighted by Gasteiger charge is -2.17. The summed E-state index contributed by atoms with van der Waals surface area (Å²) in [4.78, 5) is 11.1. The van der Waals surface area contributed by atoms with Gasteiger partial charge in [0.15, 0.2) is 6.29 Å². The third-order valence-electron chi connectivity index (χ3n) is 1.67. The smallest absolute Gasteiger partial charge is 0.362 e. The Hall–Kier alpha value is -0.860. The maximum atomic E-state index is 11.7. The highest BCUT2D eigenvalue weighted by Crippen LogP contribution is 2.13. The molecule has 0 aliphatic heterocycles. The zero-order valence-electron chi connectivity index (χ0n) is 10.4. The van der Waals surface area contributed by atoms with Crippen molar-refractivity contribution in [3.63, 3.8) is 0 Å². The van der Waals surface area contributed by atoms with Crippen LogP contribution in [-0.4, -0.2) is 51.3 Å². The topological polar surface area (TPSA) is 56.8 Å². The van der Waals surface area contributed by atoms with E-state index in [9.17, 15) is 18.0 Å². The van der Waals surface area contributed by atoms with Gasteiger partial charge in [-0.1, -0.05) is 0 Å². The van der Waals surface area contributed by atoms with E-state index in [4.69, 9.17) is 9.47 Å². The van der Waals surface area contributed by atoms with Crippen LogP contribution in [0.1, 0.15) is 13.8 Å². The van der Waals surface area contributed by atoms with E-state index in [1.165, 1.54) is 0 Å². The lowest BCUT2D eigenvalue weighted by Crippen LogP contribution is -2.37. The Balaban J connectivity index is 3.73. The average molecular weight is 273 g/mol. The predicted molar refractivity (Wildman–Crippen MR) is 56.9 cm³/mol. The van der Waals surface area contributed by atoms with Crippen LogP contribution in [0.5, 0.6) is 0 Å². The molecule has 0 radical (unpaired) electrons. The fourth-order valence-corrected chi connectivity index (χ4v) is 1.05. The van der Waals surface area contributed by atoms with Crippen molar-refractivity contribution in [2.75, 3.05) is 33.0 Å². The van der Waals surface area contributed by atoms with E-state index in [0.29, 0.717) is 13.2 Å². The highest BCUT2D eigenvalue weighted by Gasteiger charge is 2.27. The van der Waals surface area contributed by atoms with Crippen molar-refractivity contribution >= 4 is 5.91 Å². The van der Waals surface area contributed by atoms with E-state index >= 15 is 0 Å². The average Bonchev–Trinajstić information content (AvgIpc) is 2.25. The Morgan fingerprint density at radius 1 is 1.22 bits per heavy atom. The summed E-state index contributed by atoms with van der Waals surface area (Å²) in [7, 11) is 0. The largest absolute Gasteiger partial charge is 0.411 e. The first-order valence-corrected chi connectivity index (χ1v) is 5.53. The number of amides is 1. The Labute approximate surface area is 104 Å². The molecule has 1 amide bonds. The SMILES string of the molecule is CCOC(CNC(=O)COCC(F)(F)F)OCC. The minimum atomic E-state index is -4.43. The summed E-state index contributed by atoms with van der Waals surface area (Å²) in [5, 5.41) is 2.36. The maximum absolute atomic E-state index is 11.7. The van der Waals surface area contributed by atoms with Crippen molar-refractivity contribution in [3.05, 3.63) is 0 Å². The van der Waals surface area contributed by atoms with Crippen LogP contribution in [0.3, 0.4) is 0 Å². The van der Waals surface area contributed by atoms with Gasteiger partial charge in [-0.3, -0.25) is 4.79 Å². The first kappa shape index (κ1) is 17.1. The van der Waals surface area contributed by atoms with Crippen molar-refractivity contribution in [2.24, 2.45) is 0 Å². The summed E-state index contributed by atoms with van der Waals surface area (Å²) in [6.07, 6.45) is -5.04. The number of rotatable bonds is 9. The highest BCUT2D eigenvalue weighted by molar-refractivity contribution is 5.77. The number of ether oxygens (including phenoxy) is 3. The molecule has 108 valence electrons. The second kappa shape index (κ2) is 9.12. The fourth-order valence-electron chi connectivity index (χ4n) is 1.05. The van der Waals surface area contributed by atoms with Crippen LogP contribution in [0.4, 0.5) is 13.2 Å². The molecule has 0 spiro atoms. The number of carbonyl (C=O) groups excluding carboxylic acids is 1. The van der Waals surface area contributed by atoms with Crippen molar-refractivity contribution in [1.82, 2.24) is 5.32 Å². The quantitative estimate of drug-likeness (QED) is 0.639. The number of nitrogens with one attached hydrogen (secondary N) is 1. The summed E-state index contributed by atoms with van der Waals surface area (Å²) in [6, 6.07) is 0. The molecule has 0 bridgehead atoms. The lowest BCUT2D eigenvalue weighted by molar-refractivity contribution is -0.176. The Morgan fingerprint density at radius 2 is 1.78 bits per heavy atom.